The van der Waals surface area contributed by atoms with Gasteiger partial charge in [-0.25, -0.2) is 0 Å². The molecule has 1 fully saturated rings. The van der Waals surface area contributed by atoms with Gasteiger partial charge in [-0.1, -0.05) is 13.3 Å². The van der Waals surface area contributed by atoms with Crippen LogP contribution in [0.5, 0.6) is 0 Å². The third kappa shape index (κ3) is 5.31. The maximum Gasteiger partial charge on any atom is 0.232 e. The number of amides is 2. The molecule has 0 bridgehead atoms. The number of hydrogen-bond acceptors (Lipinski definition) is 3. The number of unbranched alkanes of at least 4 members (excludes halogenated alkanes) is 2. The van der Waals surface area contributed by atoms with Gasteiger partial charge in [0, 0.05) is 24.4 Å². The van der Waals surface area contributed by atoms with Crippen LogP contribution in [0, 0.1) is 5.92 Å². The lowest BCUT2D eigenvalue weighted by atomic mass is 10.1. The van der Waals surface area contributed by atoms with E-state index in [2.05, 4.69) is 26.1 Å². The van der Waals surface area contributed by atoms with E-state index in [4.69, 9.17) is 0 Å². The molecule has 1 unspecified atom stereocenters. The first kappa shape index (κ1) is 16.2. The highest BCUT2D eigenvalue weighted by Crippen LogP contribution is 2.22. The molecule has 1 rings (SSSR count). The largest absolute Gasteiger partial charge is 0.312 e. The Morgan fingerprint density at radius 3 is 2.42 bits per heavy atom. The Labute approximate surface area is 116 Å². The van der Waals surface area contributed by atoms with Gasteiger partial charge in [-0.2, -0.15) is 0 Å². The van der Waals surface area contributed by atoms with Crippen molar-refractivity contribution in [1.29, 1.82) is 0 Å². The number of nitrogens with zero attached hydrogens (tertiary/aromatic N) is 1. The molecule has 19 heavy (non-hydrogen) atoms. The molecule has 4 nitrogen and oxygen atoms in total. The second kappa shape index (κ2) is 7.04. The molecule has 1 N–H and O–H groups in total. The Morgan fingerprint density at radius 1 is 1.21 bits per heavy atom. The minimum absolute atomic E-state index is 0.0182. The number of likely N-dealkylation sites (tertiary alicyclic amines) is 1. The average molecular weight is 268 g/mol. The van der Waals surface area contributed by atoms with Gasteiger partial charge in [0.15, 0.2) is 0 Å². The van der Waals surface area contributed by atoms with Crippen LogP contribution < -0.4 is 5.32 Å². The van der Waals surface area contributed by atoms with E-state index in [0.717, 1.165) is 32.2 Å². The van der Waals surface area contributed by atoms with E-state index in [1.165, 1.54) is 4.90 Å². The summed E-state index contributed by atoms with van der Waals surface area (Å²) < 4.78 is 0. The molecule has 0 aromatic rings. The maximum atomic E-state index is 11.9. The summed E-state index contributed by atoms with van der Waals surface area (Å²) in [6, 6.07) is 0. The summed E-state index contributed by atoms with van der Waals surface area (Å²) >= 11 is 0. The van der Waals surface area contributed by atoms with Crippen LogP contribution in [0.3, 0.4) is 0 Å². The standard InChI is InChI=1S/C15H28N2O2/c1-5-12-11-13(18)17(14(12)19)10-8-6-7-9-16-15(2,3)4/h12,16H,5-11H2,1-4H3. The van der Waals surface area contributed by atoms with E-state index >= 15 is 0 Å². The number of imide groups is 1. The highest BCUT2D eigenvalue weighted by Gasteiger charge is 2.36. The molecule has 1 aliphatic heterocycles. The van der Waals surface area contributed by atoms with Crippen molar-refractivity contribution in [2.24, 2.45) is 5.92 Å². The fraction of sp³-hybridized carbons (Fsp3) is 0.867. The lowest BCUT2D eigenvalue weighted by Gasteiger charge is -2.20. The van der Waals surface area contributed by atoms with E-state index < -0.39 is 0 Å². The van der Waals surface area contributed by atoms with Gasteiger partial charge in [0.25, 0.3) is 0 Å². The highest BCUT2D eigenvalue weighted by atomic mass is 16.2. The van der Waals surface area contributed by atoms with Crippen molar-refractivity contribution in [2.45, 2.75) is 65.3 Å². The van der Waals surface area contributed by atoms with Gasteiger partial charge in [-0.3, -0.25) is 14.5 Å². The monoisotopic (exact) mass is 268 g/mol. The number of rotatable bonds is 7. The zero-order chi connectivity index (χ0) is 14.5. The van der Waals surface area contributed by atoms with Crippen molar-refractivity contribution in [1.82, 2.24) is 10.2 Å². The molecule has 2 amide bonds. The first-order valence-corrected chi connectivity index (χ1v) is 7.44. The predicted octanol–water partition coefficient (Wildman–Crippen LogP) is 2.33. The summed E-state index contributed by atoms with van der Waals surface area (Å²) in [6.45, 7) is 10.0. The molecular formula is C15H28N2O2. The molecule has 0 aliphatic carbocycles. The quantitative estimate of drug-likeness (QED) is 0.569. The van der Waals surface area contributed by atoms with Crippen molar-refractivity contribution in [2.75, 3.05) is 13.1 Å². The van der Waals surface area contributed by atoms with Gasteiger partial charge in [0.1, 0.15) is 0 Å². The van der Waals surface area contributed by atoms with E-state index in [-0.39, 0.29) is 23.3 Å². The lowest BCUT2D eigenvalue weighted by molar-refractivity contribution is -0.139. The Hall–Kier alpha value is -0.900. The number of carbonyl (C=O) groups excluding carboxylic acids is 2. The van der Waals surface area contributed by atoms with Gasteiger partial charge in [0.2, 0.25) is 11.8 Å². The fourth-order valence-corrected chi connectivity index (χ4v) is 2.34. The summed E-state index contributed by atoms with van der Waals surface area (Å²) in [5.41, 5.74) is 0.162. The topological polar surface area (TPSA) is 49.4 Å². The minimum Gasteiger partial charge on any atom is -0.312 e. The zero-order valence-electron chi connectivity index (χ0n) is 12.8. The van der Waals surface area contributed by atoms with Crippen molar-refractivity contribution < 1.29 is 9.59 Å². The lowest BCUT2D eigenvalue weighted by Crippen LogP contribution is -2.36. The number of carbonyl (C=O) groups is 2. The summed E-state index contributed by atoms with van der Waals surface area (Å²) in [6.07, 6.45) is 4.25. The molecule has 0 spiro atoms. The first-order chi connectivity index (χ1) is 8.85. The van der Waals surface area contributed by atoms with Crippen LogP contribution in [0.2, 0.25) is 0 Å². The van der Waals surface area contributed by atoms with E-state index in [9.17, 15) is 9.59 Å². The molecule has 0 aromatic heterocycles. The molecule has 1 saturated heterocycles. The molecule has 1 aliphatic rings. The van der Waals surface area contributed by atoms with Crippen molar-refractivity contribution in [3.63, 3.8) is 0 Å². The van der Waals surface area contributed by atoms with Gasteiger partial charge in [0.05, 0.1) is 0 Å². The Bertz CT molecular complexity index is 321. The molecule has 0 saturated carbocycles. The predicted molar refractivity (Wildman–Crippen MR) is 76.7 cm³/mol. The Balaban J connectivity index is 2.16. The third-order valence-electron chi connectivity index (χ3n) is 3.54. The average Bonchev–Trinajstić information content (AvgIpc) is 2.58. The van der Waals surface area contributed by atoms with Crippen LogP contribution in [0.25, 0.3) is 0 Å². The van der Waals surface area contributed by atoms with E-state index in [0.29, 0.717) is 13.0 Å². The van der Waals surface area contributed by atoms with Gasteiger partial charge >= 0.3 is 0 Å². The molecule has 1 heterocycles. The van der Waals surface area contributed by atoms with Crippen molar-refractivity contribution >= 4 is 11.8 Å². The van der Waals surface area contributed by atoms with Crippen LogP contribution >= 0.6 is 0 Å². The Morgan fingerprint density at radius 2 is 1.89 bits per heavy atom. The number of hydrogen-bond donors (Lipinski definition) is 1. The summed E-state index contributed by atoms with van der Waals surface area (Å²) in [7, 11) is 0. The summed E-state index contributed by atoms with van der Waals surface area (Å²) in [5.74, 6) is 0.0000373. The third-order valence-corrected chi connectivity index (χ3v) is 3.54. The SMILES string of the molecule is CCC1CC(=O)N(CCCCCNC(C)(C)C)C1=O. The van der Waals surface area contributed by atoms with Crippen LogP contribution in [0.1, 0.15) is 59.8 Å². The molecule has 0 radical (unpaired) electrons. The van der Waals surface area contributed by atoms with Crippen molar-refractivity contribution in [3.8, 4) is 0 Å². The zero-order valence-corrected chi connectivity index (χ0v) is 12.8. The number of nitrogens with one attached hydrogen (secondary N) is 1. The highest BCUT2D eigenvalue weighted by molar-refractivity contribution is 6.03. The summed E-state index contributed by atoms with van der Waals surface area (Å²) in [5, 5.41) is 3.44. The molecular weight excluding hydrogens is 240 g/mol. The normalized spacial score (nSPS) is 20.4. The van der Waals surface area contributed by atoms with Crippen LogP contribution in [-0.2, 0) is 9.59 Å². The summed E-state index contributed by atoms with van der Waals surface area (Å²) in [4.78, 5) is 25.1. The van der Waals surface area contributed by atoms with Gasteiger partial charge < -0.3 is 5.32 Å². The molecule has 110 valence electrons. The minimum atomic E-state index is -0.0601. The molecule has 1 atom stereocenters. The van der Waals surface area contributed by atoms with Gasteiger partial charge in [-0.15, -0.1) is 0 Å². The smallest absolute Gasteiger partial charge is 0.232 e. The van der Waals surface area contributed by atoms with E-state index in [1.807, 2.05) is 6.92 Å². The fourth-order valence-electron chi connectivity index (χ4n) is 2.34. The van der Waals surface area contributed by atoms with Crippen LogP contribution in [0.15, 0.2) is 0 Å². The maximum absolute atomic E-state index is 11.9. The van der Waals surface area contributed by atoms with E-state index in [1.54, 1.807) is 0 Å². The first-order valence-electron chi connectivity index (χ1n) is 7.44. The van der Waals surface area contributed by atoms with Gasteiger partial charge in [-0.05, 0) is 46.6 Å². The van der Waals surface area contributed by atoms with Crippen LogP contribution in [0.4, 0.5) is 0 Å². The van der Waals surface area contributed by atoms with Crippen molar-refractivity contribution in [3.05, 3.63) is 0 Å². The molecule has 4 heteroatoms. The Kier molecular flexibility index (Phi) is 5.98. The molecule has 0 aromatic carbocycles. The van der Waals surface area contributed by atoms with Crippen LogP contribution in [-0.4, -0.2) is 35.3 Å². The second-order valence-electron chi connectivity index (χ2n) is 6.43. The second-order valence-corrected chi connectivity index (χ2v) is 6.43.